The van der Waals surface area contributed by atoms with Gasteiger partial charge >= 0.3 is 0 Å². The lowest BCUT2D eigenvalue weighted by molar-refractivity contribution is -0.111. The van der Waals surface area contributed by atoms with E-state index in [4.69, 9.17) is 34.8 Å². The predicted octanol–water partition coefficient (Wildman–Crippen LogP) is 5.30. The summed E-state index contributed by atoms with van der Waals surface area (Å²) < 4.78 is 0. The van der Waals surface area contributed by atoms with Gasteiger partial charge in [0, 0.05) is 16.8 Å². The average Bonchev–Trinajstić information content (AvgIpc) is 2.40. The first kappa shape index (κ1) is 14.9. The number of anilines is 1. The van der Waals surface area contributed by atoms with Crippen LogP contribution in [0.15, 0.2) is 48.5 Å². The van der Waals surface area contributed by atoms with Crippen molar-refractivity contribution in [2.75, 3.05) is 5.32 Å². The number of benzene rings is 2. The highest BCUT2D eigenvalue weighted by atomic mass is 35.5. The second-order valence-corrected chi connectivity index (χ2v) is 5.26. The van der Waals surface area contributed by atoms with Crippen LogP contribution in [-0.2, 0) is 4.79 Å². The van der Waals surface area contributed by atoms with E-state index < -0.39 is 0 Å². The van der Waals surface area contributed by atoms with Gasteiger partial charge in [-0.05, 0) is 42.0 Å². The average molecular weight is 327 g/mol. The molecule has 2 aromatic rings. The van der Waals surface area contributed by atoms with Crippen LogP contribution in [0.3, 0.4) is 0 Å². The summed E-state index contributed by atoms with van der Waals surface area (Å²) >= 11 is 17.5. The van der Waals surface area contributed by atoms with Crippen molar-refractivity contribution in [3.8, 4) is 0 Å². The maximum absolute atomic E-state index is 11.7. The first-order valence-electron chi connectivity index (χ1n) is 5.74. The van der Waals surface area contributed by atoms with Crippen LogP contribution >= 0.6 is 34.8 Å². The molecule has 2 nitrogen and oxygen atoms in total. The summed E-state index contributed by atoms with van der Waals surface area (Å²) in [6.07, 6.45) is 3.07. The SMILES string of the molecule is O=C(/C=C/c1ccc(Cl)c(Cl)c1)Nc1cccc(Cl)c1. The molecule has 0 saturated heterocycles. The zero-order valence-corrected chi connectivity index (χ0v) is 12.5. The third kappa shape index (κ3) is 4.27. The van der Waals surface area contributed by atoms with Crippen LogP contribution in [-0.4, -0.2) is 5.91 Å². The third-order valence-corrected chi connectivity index (χ3v) is 3.44. The van der Waals surface area contributed by atoms with Crippen molar-refractivity contribution in [2.24, 2.45) is 0 Å². The van der Waals surface area contributed by atoms with E-state index in [1.54, 1.807) is 48.5 Å². The Morgan fingerprint density at radius 1 is 1.00 bits per heavy atom. The van der Waals surface area contributed by atoms with Crippen molar-refractivity contribution in [2.45, 2.75) is 0 Å². The Labute approximate surface area is 132 Å². The molecule has 0 unspecified atom stereocenters. The Bertz CT molecular complexity index is 668. The van der Waals surface area contributed by atoms with Crippen molar-refractivity contribution in [1.82, 2.24) is 0 Å². The van der Waals surface area contributed by atoms with Crippen LogP contribution < -0.4 is 5.32 Å². The Morgan fingerprint density at radius 2 is 1.80 bits per heavy atom. The molecule has 0 fully saturated rings. The van der Waals surface area contributed by atoms with Crippen molar-refractivity contribution >= 4 is 52.5 Å². The number of halogens is 3. The molecule has 20 heavy (non-hydrogen) atoms. The van der Waals surface area contributed by atoms with E-state index >= 15 is 0 Å². The fourth-order valence-electron chi connectivity index (χ4n) is 1.54. The third-order valence-electron chi connectivity index (χ3n) is 2.46. The maximum Gasteiger partial charge on any atom is 0.248 e. The van der Waals surface area contributed by atoms with Gasteiger partial charge in [-0.15, -0.1) is 0 Å². The van der Waals surface area contributed by atoms with Crippen molar-refractivity contribution in [3.05, 3.63) is 69.2 Å². The largest absolute Gasteiger partial charge is 0.322 e. The Hall–Kier alpha value is -1.48. The molecule has 0 aliphatic rings. The van der Waals surface area contributed by atoms with Gasteiger partial charge in [0.1, 0.15) is 0 Å². The van der Waals surface area contributed by atoms with Gasteiger partial charge in [-0.2, -0.15) is 0 Å². The van der Waals surface area contributed by atoms with Crippen LogP contribution in [0.2, 0.25) is 15.1 Å². The molecule has 0 radical (unpaired) electrons. The summed E-state index contributed by atoms with van der Waals surface area (Å²) in [7, 11) is 0. The molecule has 102 valence electrons. The number of amides is 1. The number of carbonyl (C=O) groups excluding carboxylic acids is 1. The standard InChI is InChI=1S/C15H10Cl3NO/c16-11-2-1-3-12(9-11)19-15(20)7-5-10-4-6-13(17)14(18)8-10/h1-9H,(H,19,20)/b7-5+. The van der Waals surface area contributed by atoms with E-state index in [0.717, 1.165) is 5.56 Å². The zero-order valence-electron chi connectivity index (χ0n) is 10.2. The molecule has 5 heteroatoms. The minimum absolute atomic E-state index is 0.252. The van der Waals surface area contributed by atoms with Crippen molar-refractivity contribution in [1.29, 1.82) is 0 Å². The molecule has 1 amide bonds. The normalized spacial score (nSPS) is 10.8. The quantitative estimate of drug-likeness (QED) is 0.762. The van der Waals surface area contributed by atoms with Gasteiger partial charge in [-0.3, -0.25) is 4.79 Å². The fraction of sp³-hybridized carbons (Fsp3) is 0. The molecule has 0 saturated carbocycles. The van der Waals surface area contributed by atoms with E-state index in [1.165, 1.54) is 6.08 Å². The predicted molar refractivity (Wildman–Crippen MR) is 85.6 cm³/mol. The van der Waals surface area contributed by atoms with E-state index in [1.807, 2.05) is 0 Å². The lowest BCUT2D eigenvalue weighted by Crippen LogP contribution is -2.07. The molecule has 0 atom stereocenters. The fourth-order valence-corrected chi connectivity index (χ4v) is 2.03. The summed E-state index contributed by atoms with van der Waals surface area (Å²) in [5.74, 6) is -0.252. The zero-order chi connectivity index (χ0) is 14.5. The Balaban J connectivity index is 2.03. The van der Waals surface area contributed by atoms with Gasteiger partial charge in [-0.25, -0.2) is 0 Å². The van der Waals surface area contributed by atoms with Gasteiger partial charge in [-0.1, -0.05) is 46.9 Å². The second kappa shape index (κ2) is 6.80. The van der Waals surface area contributed by atoms with Crippen molar-refractivity contribution in [3.63, 3.8) is 0 Å². The summed E-state index contributed by atoms with van der Waals surface area (Å²) in [5, 5.41) is 4.20. The minimum atomic E-state index is -0.252. The van der Waals surface area contributed by atoms with Gasteiger partial charge < -0.3 is 5.32 Å². The molecule has 2 aromatic carbocycles. The van der Waals surface area contributed by atoms with Gasteiger partial charge in [0.25, 0.3) is 0 Å². The Kier molecular flexibility index (Phi) is 5.07. The molecule has 0 spiro atoms. The molecule has 0 bridgehead atoms. The lowest BCUT2D eigenvalue weighted by Gasteiger charge is -2.02. The molecule has 0 aromatic heterocycles. The lowest BCUT2D eigenvalue weighted by atomic mass is 10.2. The highest BCUT2D eigenvalue weighted by Crippen LogP contribution is 2.23. The summed E-state index contributed by atoms with van der Waals surface area (Å²) in [6.45, 7) is 0. The van der Waals surface area contributed by atoms with Gasteiger partial charge in [0.15, 0.2) is 0 Å². The van der Waals surface area contributed by atoms with Crippen molar-refractivity contribution < 1.29 is 4.79 Å². The van der Waals surface area contributed by atoms with Gasteiger partial charge in [0.05, 0.1) is 10.0 Å². The summed E-state index contributed by atoms with van der Waals surface area (Å²) in [4.78, 5) is 11.7. The molecular weight excluding hydrogens is 317 g/mol. The summed E-state index contributed by atoms with van der Waals surface area (Å²) in [5.41, 5.74) is 1.43. The molecule has 0 heterocycles. The van der Waals surface area contributed by atoms with Crippen LogP contribution in [0.1, 0.15) is 5.56 Å². The topological polar surface area (TPSA) is 29.1 Å². The van der Waals surface area contributed by atoms with Crippen LogP contribution in [0, 0.1) is 0 Å². The monoisotopic (exact) mass is 325 g/mol. The molecule has 2 rings (SSSR count). The van der Waals surface area contributed by atoms with Gasteiger partial charge in [0.2, 0.25) is 5.91 Å². The smallest absolute Gasteiger partial charge is 0.248 e. The van der Waals surface area contributed by atoms with E-state index in [2.05, 4.69) is 5.32 Å². The highest BCUT2D eigenvalue weighted by Gasteiger charge is 2.00. The summed E-state index contributed by atoms with van der Waals surface area (Å²) in [6, 6.07) is 12.1. The molecule has 0 aliphatic heterocycles. The molecular formula is C15H10Cl3NO. The van der Waals surface area contributed by atoms with E-state index in [9.17, 15) is 4.79 Å². The maximum atomic E-state index is 11.7. The molecule has 0 aliphatic carbocycles. The number of nitrogens with one attached hydrogen (secondary N) is 1. The number of hydrogen-bond acceptors (Lipinski definition) is 1. The number of carbonyl (C=O) groups is 1. The van der Waals surface area contributed by atoms with E-state index in [0.29, 0.717) is 20.8 Å². The Morgan fingerprint density at radius 3 is 2.50 bits per heavy atom. The van der Waals surface area contributed by atoms with Crippen LogP contribution in [0.25, 0.3) is 6.08 Å². The molecule has 1 N–H and O–H groups in total. The van der Waals surface area contributed by atoms with E-state index in [-0.39, 0.29) is 5.91 Å². The van der Waals surface area contributed by atoms with Crippen LogP contribution in [0.4, 0.5) is 5.69 Å². The number of rotatable bonds is 3. The second-order valence-electron chi connectivity index (χ2n) is 4.01. The first-order valence-corrected chi connectivity index (χ1v) is 6.88. The first-order chi connectivity index (χ1) is 9.54. The highest BCUT2D eigenvalue weighted by molar-refractivity contribution is 6.42. The number of hydrogen-bond donors (Lipinski definition) is 1. The minimum Gasteiger partial charge on any atom is -0.322 e. The van der Waals surface area contributed by atoms with Crippen LogP contribution in [0.5, 0.6) is 0 Å².